The van der Waals surface area contributed by atoms with Gasteiger partial charge < -0.3 is 10.6 Å². The van der Waals surface area contributed by atoms with Crippen LogP contribution in [0.4, 0.5) is 5.82 Å². The summed E-state index contributed by atoms with van der Waals surface area (Å²) < 4.78 is 0. The molecule has 6 nitrogen and oxygen atoms in total. The average molecular weight is 297 g/mol. The first-order valence-electron chi connectivity index (χ1n) is 7.38. The Morgan fingerprint density at radius 1 is 1.36 bits per heavy atom. The van der Waals surface area contributed by atoms with Gasteiger partial charge in [-0.1, -0.05) is 13.8 Å². The second-order valence-corrected chi connectivity index (χ2v) is 5.95. The van der Waals surface area contributed by atoms with E-state index in [1.54, 1.807) is 18.3 Å². The molecule has 2 N–H and O–H groups in total. The van der Waals surface area contributed by atoms with Crippen molar-refractivity contribution in [2.24, 2.45) is 11.7 Å². The molecule has 3 heterocycles. The zero-order chi connectivity index (χ0) is 15.7. The molecular formula is C16H19N5O. The molecule has 0 bridgehead atoms. The quantitative estimate of drug-likeness (QED) is 0.928. The van der Waals surface area contributed by atoms with Gasteiger partial charge in [-0.25, -0.2) is 15.0 Å². The van der Waals surface area contributed by atoms with E-state index in [4.69, 9.17) is 5.73 Å². The van der Waals surface area contributed by atoms with E-state index in [0.29, 0.717) is 30.4 Å². The van der Waals surface area contributed by atoms with E-state index in [-0.39, 0.29) is 0 Å². The van der Waals surface area contributed by atoms with Gasteiger partial charge in [0.15, 0.2) is 0 Å². The van der Waals surface area contributed by atoms with Crippen molar-refractivity contribution in [3.05, 3.63) is 47.2 Å². The maximum Gasteiger partial charge on any atom is 0.252 e. The highest BCUT2D eigenvalue weighted by Crippen LogP contribution is 2.27. The Bertz CT molecular complexity index is 713. The van der Waals surface area contributed by atoms with Crippen LogP contribution in [0, 0.1) is 5.92 Å². The molecule has 1 aliphatic rings. The van der Waals surface area contributed by atoms with E-state index in [1.807, 2.05) is 11.1 Å². The molecule has 0 aliphatic carbocycles. The van der Waals surface area contributed by atoms with Gasteiger partial charge in [0.2, 0.25) is 0 Å². The number of carbonyl (C=O) groups is 1. The first-order chi connectivity index (χ1) is 10.5. The normalized spacial score (nSPS) is 13.5. The number of nitrogens with zero attached hydrogens (tertiary/aromatic N) is 4. The van der Waals surface area contributed by atoms with Crippen LogP contribution in [-0.2, 0) is 19.5 Å². The van der Waals surface area contributed by atoms with E-state index in [2.05, 4.69) is 28.8 Å². The fourth-order valence-electron chi connectivity index (χ4n) is 2.65. The zero-order valence-electron chi connectivity index (χ0n) is 12.8. The van der Waals surface area contributed by atoms with Crippen LogP contribution in [0.3, 0.4) is 0 Å². The summed E-state index contributed by atoms with van der Waals surface area (Å²) in [5.74, 6) is 1.53. The third-order valence-electron chi connectivity index (χ3n) is 3.65. The molecule has 1 amide bonds. The topological polar surface area (TPSA) is 85.0 Å². The average Bonchev–Trinajstić information content (AvgIpc) is 2.89. The van der Waals surface area contributed by atoms with Gasteiger partial charge in [-0.15, -0.1) is 0 Å². The second kappa shape index (κ2) is 5.71. The van der Waals surface area contributed by atoms with Crippen LogP contribution in [-0.4, -0.2) is 20.9 Å². The van der Waals surface area contributed by atoms with E-state index in [0.717, 1.165) is 23.5 Å². The fourth-order valence-corrected chi connectivity index (χ4v) is 2.65. The number of pyridine rings is 1. The summed E-state index contributed by atoms with van der Waals surface area (Å²) in [7, 11) is 0. The Hall–Kier alpha value is -2.50. The summed E-state index contributed by atoms with van der Waals surface area (Å²) >= 11 is 0. The van der Waals surface area contributed by atoms with Crippen LogP contribution in [0.15, 0.2) is 24.5 Å². The Balaban J connectivity index is 1.87. The van der Waals surface area contributed by atoms with Crippen LogP contribution < -0.4 is 10.6 Å². The molecule has 1 aliphatic heterocycles. The van der Waals surface area contributed by atoms with Crippen LogP contribution in [0.2, 0.25) is 0 Å². The summed E-state index contributed by atoms with van der Waals surface area (Å²) in [6, 6.07) is 3.41. The van der Waals surface area contributed by atoms with Crippen LogP contribution in [0.1, 0.15) is 41.3 Å². The zero-order valence-corrected chi connectivity index (χ0v) is 12.8. The number of anilines is 1. The molecule has 0 unspecified atom stereocenters. The van der Waals surface area contributed by atoms with E-state index < -0.39 is 5.91 Å². The van der Waals surface area contributed by atoms with Crippen molar-refractivity contribution < 1.29 is 4.79 Å². The lowest BCUT2D eigenvalue weighted by atomic mass is 10.1. The van der Waals surface area contributed by atoms with Gasteiger partial charge in [-0.2, -0.15) is 0 Å². The molecule has 6 heteroatoms. The van der Waals surface area contributed by atoms with Crippen molar-refractivity contribution >= 4 is 11.7 Å². The van der Waals surface area contributed by atoms with Crippen molar-refractivity contribution in [3.8, 4) is 0 Å². The Morgan fingerprint density at radius 2 is 2.18 bits per heavy atom. The highest BCUT2D eigenvalue weighted by Gasteiger charge is 2.25. The predicted molar refractivity (Wildman–Crippen MR) is 83.2 cm³/mol. The summed E-state index contributed by atoms with van der Waals surface area (Å²) in [5, 5.41) is 0. The van der Waals surface area contributed by atoms with Gasteiger partial charge in [0.05, 0.1) is 17.8 Å². The maximum atomic E-state index is 11.6. The summed E-state index contributed by atoms with van der Waals surface area (Å²) in [5.41, 5.74) is 7.95. The molecule has 0 saturated heterocycles. The van der Waals surface area contributed by atoms with Crippen molar-refractivity contribution in [3.63, 3.8) is 0 Å². The molecule has 0 spiro atoms. The molecule has 0 fully saturated rings. The predicted octanol–water partition coefficient (Wildman–Crippen LogP) is 1.69. The third-order valence-corrected chi connectivity index (χ3v) is 3.65. The number of carbonyl (C=O) groups excluding carboxylic acids is 1. The number of amides is 1. The van der Waals surface area contributed by atoms with Crippen LogP contribution in [0.5, 0.6) is 0 Å². The van der Waals surface area contributed by atoms with Crippen molar-refractivity contribution in [2.45, 2.75) is 33.4 Å². The largest absolute Gasteiger partial charge is 0.365 e. The Labute approximate surface area is 129 Å². The number of hydrogen-bond acceptors (Lipinski definition) is 5. The number of hydrogen-bond donors (Lipinski definition) is 1. The Kier molecular flexibility index (Phi) is 3.75. The van der Waals surface area contributed by atoms with Gasteiger partial charge in [-0.05, 0) is 18.1 Å². The van der Waals surface area contributed by atoms with Crippen molar-refractivity contribution in [1.29, 1.82) is 0 Å². The molecule has 0 atom stereocenters. The van der Waals surface area contributed by atoms with Gasteiger partial charge in [0, 0.05) is 30.9 Å². The molecule has 0 saturated carbocycles. The van der Waals surface area contributed by atoms with Crippen LogP contribution >= 0.6 is 0 Å². The lowest BCUT2D eigenvalue weighted by Crippen LogP contribution is -2.22. The monoisotopic (exact) mass is 297 g/mol. The second-order valence-electron chi connectivity index (χ2n) is 5.95. The standard InChI is InChI=1S/C16H19N5O/c1-10(2)6-14-19-7-11-8-21(9-13(11)20-14)16-12(15(17)22)4-3-5-18-16/h3-5,7,10H,6,8-9H2,1-2H3,(H2,17,22). The molecular weight excluding hydrogens is 278 g/mol. The number of rotatable bonds is 4. The molecule has 2 aromatic heterocycles. The minimum Gasteiger partial charge on any atom is -0.365 e. The van der Waals surface area contributed by atoms with Crippen molar-refractivity contribution in [1.82, 2.24) is 15.0 Å². The summed E-state index contributed by atoms with van der Waals surface area (Å²) in [4.78, 5) is 27.0. The number of nitrogens with two attached hydrogens (primary N) is 1. The van der Waals surface area contributed by atoms with Gasteiger partial charge >= 0.3 is 0 Å². The number of aromatic nitrogens is 3. The SMILES string of the molecule is CC(C)Cc1ncc2c(n1)CN(c1ncccc1C(N)=O)C2. The van der Waals surface area contributed by atoms with Gasteiger partial charge in [0.1, 0.15) is 11.6 Å². The Morgan fingerprint density at radius 3 is 2.91 bits per heavy atom. The van der Waals surface area contributed by atoms with E-state index in [9.17, 15) is 4.79 Å². The van der Waals surface area contributed by atoms with Gasteiger partial charge in [0.25, 0.3) is 5.91 Å². The number of fused-ring (bicyclic) bond motifs is 1. The fraction of sp³-hybridized carbons (Fsp3) is 0.375. The highest BCUT2D eigenvalue weighted by atomic mass is 16.1. The van der Waals surface area contributed by atoms with Gasteiger partial charge in [-0.3, -0.25) is 4.79 Å². The summed E-state index contributed by atoms with van der Waals surface area (Å²) in [6.45, 7) is 5.57. The lowest BCUT2D eigenvalue weighted by molar-refractivity contribution is 0.100. The van der Waals surface area contributed by atoms with Crippen LogP contribution in [0.25, 0.3) is 0 Å². The lowest BCUT2D eigenvalue weighted by Gasteiger charge is -2.18. The maximum absolute atomic E-state index is 11.6. The molecule has 22 heavy (non-hydrogen) atoms. The third kappa shape index (κ3) is 2.77. The van der Waals surface area contributed by atoms with E-state index >= 15 is 0 Å². The highest BCUT2D eigenvalue weighted by molar-refractivity contribution is 5.97. The molecule has 0 radical (unpaired) electrons. The molecule has 2 aromatic rings. The molecule has 3 rings (SSSR count). The minimum atomic E-state index is -0.467. The molecule has 114 valence electrons. The number of primary amides is 1. The summed E-state index contributed by atoms with van der Waals surface area (Å²) in [6.07, 6.45) is 4.41. The first kappa shape index (κ1) is 14.4. The molecule has 0 aromatic carbocycles. The van der Waals surface area contributed by atoms with Crippen molar-refractivity contribution in [2.75, 3.05) is 4.90 Å². The van der Waals surface area contributed by atoms with E-state index in [1.165, 1.54) is 0 Å². The smallest absolute Gasteiger partial charge is 0.252 e. The minimum absolute atomic E-state index is 0.436. The first-order valence-corrected chi connectivity index (χ1v) is 7.38.